The molecule has 1 aromatic carbocycles. The number of ether oxygens (including phenoxy) is 2. The van der Waals surface area contributed by atoms with Crippen molar-refractivity contribution in [3.05, 3.63) is 67.0 Å². The summed E-state index contributed by atoms with van der Waals surface area (Å²) in [6.07, 6.45) is 11.1. The van der Waals surface area contributed by atoms with Crippen LogP contribution >= 0.6 is 0 Å². The number of pyridine rings is 1. The molecule has 294 valence electrons. The van der Waals surface area contributed by atoms with Crippen LogP contribution in [0, 0.1) is 17.8 Å². The molecular formula is C41H52N6O7S. The lowest BCUT2D eigenvalue weighted by atomic mass is 9.91. The molecule has 13 nitrogen and oxygen atoms in total. The van der Waals surface area contributed by atoms with E-state index in [1.54, 1.807) is 41.0 Å². The normalized spacial score (nSPS) is 28.0. The summed E-state index contributed by atoms with van der Waals surface area (Å²) < 4.78 is 41.7. The minimum absolute atomic E-state index is 0.0331. The van der Waals surface area contributed by atoms with E-state index in [1.807, 2.05) is 56.3 Å². The third kappa shape index (κ3) is 8.44. The first-order valence-electron chi connectivity index (χ1n) is 19.5. The zero-order chi connectivity index (χ0) is 39.1. The van der Waals surface area contributed by atoms with E-state index >= 15 is 0 Å². The first-order valence-corrected chi connectivity index (χ1v) is 20.9. The van der Waals surface area contributed by atoms with E-state index in [1.165, 1.54) is 0 Å². The second kappa shape index (κ2) is 15.1. The second-order valence-electron chi connectivity index (χ2n) is 16.5. The van der Waals surface area contributed by atoms with Crippen molar-refractivity contribution in [2.75, 3.05) is 6.54 Å². The molecule has 1 saturated heterocycles. The van der Waals surface area contributed by atoms with Crippen LogP contribution < -0.4 is 19.5 Å². The molecule has 4 aliphatic rings. The number of allylic oxidation sites excluding steroid dienone is 1. The van der Waals surface area contributed by atoms with E-state index in [9.17, 15) is 22.8 Å². The molecule has 6 atom stereocenters. The Bertz CT molecular complexity index is 2050. The van der Waals surface area contributed by atoms with Crippen molar-refractivity contribution in [2.24, 2.45) is 17.8 Å². The van der Waals surface area contributed by atoms with Crippen LogP contribution in [0.15, 0.2) is 67.0 Å². The van der Waals surface area contributed by atoms with E-state index in [4.69, 9.17) is 14.5 Å². The van der Waals surface area contributed by atoms with Crippen molar-refractivity contribution in [1.29, 1.82) is 0 Å². The molecule has 4 heterocycles. The maximum absolute atomic E-state index is 14.3. The molecular weight excluding hydrogens is 721 g/mol. The van der Waals surface area contributed by atoms with Crippen molar-refractivity contribution >= 4 is 27.7 Å². The molecule has 3 fully saturated rings. The highest BCUT2D eigenvalue weighted by Gasteiger charge is 2.63. The number of nitrogens with one attached hydrogen (secondary N) is 2. The minimum atomic E-state index is -3.94. The number of rotatable bonds is 9. The van der Waals surface area contributed by atoms with Crippen LogP contribution in [0.4, 0.5) is 0 Å². The molecule has 3 aromatic rings. The molecule has 0 spiro atoms. The van der Waals surface area contributed by atoms with Gasteiger partial charge in [0.25, 0.3) is 5.91 Å². The highest BCUT2D eigenvalue weighted by Crippen LogP contribution is 2.47. The van der Waals surface area contributed by atoms with Crippen molar-refractivity contribution < 1.29 is 32.3 Å². The van der Waals surface area contributed by atoms with Crippen LogP contribution in [0.25, 0.3) is 17.1 Å². The molecule has 0 bridgehead atoms. The number of hydrogen-bond acceptors (Lipinski definition) is 9. The lowest BCUT2D eigenvalue weighted by Gasteiger charge is -2.28. The van der Waals surface area contributed by atoms with Crippen molar-refractivity contribution in [1.82, 2.24) is 29.7 Å². The minimum Gasteiger partial charge on any atom is -0.491 e. The average molecular weight is 773 g/mol. The zero-order valence-electron chi connectivity index (χ0n) is 32.2. The number of aromatic nitrogens is 3. The number of carbonyl (C=O) groups excluding carboxylic acids is 3. The maximum atomic E-state index is 14.3. The van der Waals surface area contributed by atoms with Crippen LogP contribution in [0.3, 0.4) is 0 Å². The fourth-order valence-corrected chi connectivity index (χ4v) is 9.13. The predicted molar refractivity (Wildman–Crippen MR) is 207 cm³/mol. The SMILES string of the molecule is CC1CCC=CC2CC2(C(=O)NS(=O)(=O)C2(C)CC2)NC(=O)C2CC(Oc3cc(-c4ccc(OC(C)C)cc4)nc(-n4cccn4)c3)CN2C(=O)CC(C)C1. The third-order valence-electron chi connectivity index (χ3n) is 11.4. The summed E-state index contributed by atoms with van der Waals surface area (Å²) in [4.78, 5) is 48.6. The molecule has 2 saturated carbocycles. The van der Waals surface area contributed by atoms with Gasteiger partial charge in [-0.1, -0.05) is 26.0 Å². The van der Waals surface area contributed by atoms with Gasteiger partial charge in [0.2, 0.25) is 21.8 Å². The Hall–Kier alpha value is -4.72. The summed E-state index contributed by atoms with van der Waals surface area (Å²) in [5, 5.41) is 7.33. The monoisotopic (exact) mass is 772 g/mol. The van der Waals surface area contributed by atoms with Crippen LogP contribution in [0.2, 0.25) is 0 Å². The first-order chi connectivity index (χ1) is 26.1. The van der Waals surface area contributed by atoms with Gasteiger partial charge >= 0.3 is 0 Å². The number of carbonyl (C=O) groups is 3. The van der Waals surface area contributed by atoms with Gasteiger partial charge in [-0.25, -0.2) is 18.1 Å². The number of benzene rings is 1. The Labute approximate surface area is 323 Å². The van der Waals surface area contributed by atoms with Gasteiger partial charge in [0.1, 0.15) is 29.2 Å². The van der Waals surface area contributed by atoms with Crippen LogP contribution in [0.5, 0.6) is 11.5 Å². The summed E-state index contributed by atoms with van der Waals surface area (Å²) in [6, 6.07) is 12.1. The Balaban J connectivity index is 1.17. The molecule has 2 aliphatic carbocycles. The average Bonchev–Trinajstić information content (AvgIpc) is 3.87. The fraction of sp³-hybridized carbons (Fsp3) is 0.537. The Kier molecular flexibility index (Phi) is 10.6. The Morgan fingerprint density at radius 3 is 2.51 bits per heavy atom. The maximum Gasteiger partial charge on any atom is 0.259 e. The van der Waals surface area contributed by atoms with Gasteiger partial charge in [-0.15, -0.1) is 0 Å². The van der Waals surface area contributed by atoms with Crippen LogP contribution in [-0.4, -0.2) is 80.9 Å². The van der Waals surface area contributed by atoms with Crippen molar-refractivity contribution in [3.63, 3.8) is 0 Å². The van der Waals surface area contributed by atoms with Gasteiger partial charge in [0, 0.05) is 48.8 Å². The Morgan fingerprint density at radius 2 is 1.82 bits per heavy atom. The van der Waals surface area contributed by atoms with Gasteiger partial charge in [-0.2, -0.15) is 5.10 Å². The number of amides is 3. The Morgan fingerprint density at radius 1 is 1.05 bits per heavy atom. The standard InChI is InChI=1S/C41H52N6O7S/c1-26(2)53-31-13-11-29(12-14-31)34-21-32(23-36(43-34)47-18-8-17-42-47)54-33-22-35-38(49)44-41(39(50)45-55(51,52)40(5)15-16-40)24-30(41)10-7-6-9-27(3)19-28(4)20-37(48)46(35)25-33/h7-8,10-14,17-18,21,23,26-28,30,33,35H,6,9,15-16,19-20,22,24-25H2,1-5H3,(H,44,49)(H,45,50). The van der Waals surface area contributed by atoms with Crippen molar-refractivity contribution in [3.8, 4) is 28.6 Å². The molecule has 0 radical (unpaired) electrons. The van der Waals surface area contributed by atoms with Crippen LogP contribution in [-0.2, 0) is 24.4 Å². The predicted octanol–water partition coefficient (Wildman–Crippen LogP) is 5.35. The molecule has 2 N–H and O–H groups in total. The topological polar surface area (TPSA) is 162 Å². The second-order valence-corrected chi connectivity index (χ2v) is 18.7. The van der Waals surface area contributed by atoms with E-state index in [0.29, 0.717) is 36.0 Å². The number of fused-ring (bicyclic) bond motifs is 2. The number of nitrogens with zero attached hydrogens (tertiary/aromatic N) is 4. The van der Waals surface area contributed by atoms with Gasteiger partial charge < -0.3 is 19.7 Å². The summed E-state index contributed by atoms with van der Waals surface area (Å²) >= 11 is 0. The fourth-order valence-electron chi connectivity index (χ4n) is 7.82. The first kappa shape index (κ1) is 38.6. The molecule has 2 aliphatic heterocycles. The van der Waals surface area contributed by atoms with Gasteiger partial charge in [0.05, 0.1) is 23.1 Å². The van der Waals surface area contributed by atoms with E-state index in [0.717, 1.165) is 30.6 Å². The molecule has 7 rings (SSSR count). The number of sulfonamides is 1. The van der Waals surface area contributed by atoms with E-state index in [2.05, 4.69) is 29.0 Å². The van der Waals surface area contributed by atoms with Gasteiger partial charge in [-0.05, 0) is 101 Å². The summed E-state index contributed by atoms with van der Waals surface area (Å²) in [6.45, 7) is 9.95. The summed E-state index contributed by atoms with van der Waals surface area (Å²) in [7, 11) is -3.94. The third-order valence-corrected chi connectivity index (χ3v) is 13.5. The summed E-state index contributed by atoms with van der Waals surface area (Å²) in [5.74, 6) is 0.433. The molecule has 55 heavy (non-hydrogen) atoms. The van der Waals surface area contributed by atoms with Crippen LogP contribution in [0.1, 0.15) is 86.0 Å². The highest BCUT2D eigenvalue weighted by molar-refractivity contribution is 7.91. The lowest BCUT2D eigenvalue weighted by molar-refractivity contribution is -0.140. The smallest absolute Gasteiger partial charge is 0.259 e. The highest BCUT2D eigenvalue weighted by atomic mass is 32.2. The molecule has 2 aromatic heterocycles. The zero-order valence-corrected chi connectivity index (χ0v) is 33.1. The molecule has 3 amide bonds. The number of hydrogen-bond donors (Lipinski definition) is 2. The molecule has 14 heteroatoms. The van der Waals surface area contributed by atoms with Gasteiger partial charge in [-0.3, -0.25) is 19.1 Å². The lowest BCUT2D eigenvalue weighted by Crippen LogP contribution is -2.57. The van der Waals surface area contributed by atoms with Gasteiger partial charge in [0.15, 0.2) is 5.82 Å². The largest absolute Gasteiger partial charge is 0.491 e. The summed E-state index contributed by atoms with van der Waals surface area (Å²) in [5.41, 5.74) is 0.0354. The quantitative estimate of drug-likeness (QED) is 0.274. The van der Waals surface area contributed by atoms with E-state index < -0.39 is 44.3 Å². The van der Waals surface area contributed by atoms with Crippen molar-refractivity contribution in [2.45, 2.75) is 115 Å². The van der Waals surface area contributed by atoms with E-state index in [-0.39, 0.29) is 49.7 Å². The molecule has 6 unspecified atom stereocenters.